The number of benzene rings is 1. The van der Waals surface area contributed by atoms with E-state index < -0.39 is 0 Å². The molecule has 2 aromatic rings. The van der Waals surface area contributed by atoms with Gasteiger partial charge in [0.05, 0.1) is 12.1 Å². The highest BCUT2D eigenvalue weighted by Gasteiger charge is 2.21. The summed E-state index contributed by atoms with van der Waals surface area (Å²) in [6.07, 6.45) is 1.18. The fourth-order valence-electron chi connectivity index (χ4n) is 2.44. The van der Waals surface area contributed by atoms with Crippen LogP contribution in [-0.2, 0) is 6.54 Å². The molecular weight excluding hydrogens is 244 g/mol. The number of hydrogen-bond acceptors (Lipinski definition) is 4. The molecule has 0 aliphatic carbocycles. The van der Waals surface area contributed by atoms with E-state index >= 15 is 0 Å². The topological polar surface area (TPSA) is 81.6 Å². The van der Waals surface area contributed by atoms with Gasteiger partial charge in [0.1, 0.15) is 24.4 Å². The third kappa shape index (κ3) is 1.72. The van der Waals surface area contributed by atoms with Crippen molar-refractivity contribution >= 4 is 23.1 Å². The molecule has 0 fully saturated rings. The smallest absolute Gasteiger partial charge is 0.273 e. The number of carbonyl (C=O) groups excluding carboxylic acids is 1. The minimum absolute atomic E-state index is 0.224. The van der Waals surface area contributed by atoms with E-state index in [2.05, 4.69) is 10.4 Å². The van der Waals surface area contributed by atoms with Gasteiger partial charge in [0.15, 0.2) is 0 Å². The minimum Gasteiger partial charge on any atom is -0.490 e. The van der Waals surface area contributed by atoms with Gasteiger partial charge in [0.25, 0.3) is 5.91 Å². The second-order valence-corrected chi connectivity index (χ2v) is 4.42. The summed E-state index contributed by atoms with van der Waals surface area (Å²) in [5, 5.41) is 6.83. The zero-order valence-electron chi connectivity index (χ0n) is 10.5. The Morgan fingerprint density at radius 1 is 1.58 bits per heavy atom. The molecule has 0 bridgehead atoms. The highest BCUT2D eigenvalue weighted by Crippen LogP contribution is 2.33. The van der Waals surface area contributed by atoms with Crippen molar-refractivity contribution in [3.63, 3.8) is 0 Å². The first-order valence-electron chi connectivity index (χ1n) is 6.00. The molecule has 0 radical (unpaired) electrons. The van der Waals surface area contributed by atoms with Crippen molar-refractivity contribution < 1.29 is 9.53 Å². The summed E-state index contributed by atoms with van der Waals surface area (Å²) in [5.41, 5.74) is 2.68. The van der Waals surface area contributed by atoms with E-state index in [0.29, 0.717) is 18.8 Å². The largest absolute Gasteiger partial charge is 0.490 e. The Bertz CT molecular complexity index is 687. The summed E-state index contributed by atoms with van der Waals surface area (Å²) in [5.74, 6) is 5.58. The number of ether oxygens (including phenoxy) is 1. The highest BCUT2D eigenvalue weighted by molar-refractivity contribution is 6.04. The Kier molecular flexibility index (Phi) is 2.63. The van der Waals surface area contributed by atoms with Crippen molar-refractivity contribution in [3.05, 3.63) is 29.5 Å². The number of nitrogens with zero attached hydrogens (tertiary/aromatic N) is 2. The van der Waals surface area contributed by atoms with Crippen LogP contribution in [0.15, 0.2) is 23.3 Å². The maximum absolute atomic E-state index is 12.1. The molecule has 1 aliphatic heterocycles. The van der Waals surface area contributed by atoms with Crippen molar-refractivity contribution in [2.24, 2.45) is 10.9 Å². The van der Waals surface area contributed by atoms with Crippen LogP contribution in [0.4, 0.5) is 0 Å². The Morgan fingerprint density at radius 3 is 3.21 bits per heavy atom. The molecule has 98 valence electrons. The summed E-state index contributed by atoms with van der Waals surface area (Å²) in [7, 11) is 0. The molecular formula is C13H14N4O2. The number of hydrazone groups is 1. The summed E-state index contributed by atoms with van der Waals surface area (Å²) < 4.78 is 7.60. The molecule has 0 unspecified atom stereocenters. The number of amides is 1. The predicted molar refractivity (Wildman–Crippen MR) is 72.3 cm³/mol. The molecule has 1 aliphatic rings. The van der Waals surface area contributed by atoms with Gasteiger partial charge in [-0.25, -0.2) is 0 Å². The molecule has 0 saturated carbocycles. The van der Waals surface area contributed by atoms with Crippen LogP contribution in [-0.4, -0.2) is 23.4 Å². The van der Waals surface area contributed by atoms with E-state index in [-0.39, 0.29) is 5.91 Å². The zero-order chi connectivity index (χ0) is 13.4. The number of aryl methyl sites for hydroxylation is 1. The maximum Gasteiger partial charge on any atom is 0.273 e. The first kappa shape index (κ1) is 11.6. The van der Waals surface area contributed by atoms with Gasteiger partial charge in [-0.2, -0.15) is 5.10 Å². The summed E-state index contributed by atoms with van der Waals surface area (Å²) in [4.78, 5) is 12.1. The van der Waals surface area contributed by atoms with Crippen molar-refractivity contribution in [1.82, 2.24) is 9.88 Å². The quantitative estimate of drug-likeness (QED) is 0.364. The number of nitrogens with two attached hydrogens (primary N) is 1. The Labute approximate surface area is 109 Å². The normalized spacial score (nSPS) is 13.7. The molecule has 0 spiro atoms. The van der Waals surface area contributed by atoms with Crippen LogP contribution in [0.3, 0.4) is 0 Å². The van der Waals surface area contributed by atoms with Gasteiger partial charge in [-0.1, -0.05) is 6.07 Å². The van der Waals surface area contributed by atoms with E-state index in [1.807, 2.05) is 29.7 Å². The molecule has 3 N–H and O–H groups in total. The first-order valence-corrected chi connectivity index (χ1v) is 6.00. The fourth-order valence-corrected chi connectivity index (χ4v) is 2.44. The van der Waals surface area contributed by atoms with Crippen LogP contribution in [0, 0.1) is 6.92 Å². The third-order valence-corrected chi connectivity index (χ3v) is 3.32. The highest BCUT2D eigenvalue weighted by atomic mass is 16.5. The number of rotatable bonds is 2. The molecule has 6 heteroatoms. The lowest BCUT2D eigenvalue weighted by molar-refractivity contribution is 0.0968. The number of aromatic nitrogens is 1. The number of carbonyl (C=O) groups is 1. The zero-order valence-corrected chi connectivity index (χ0v) is 10.5. The van der Waals surface area contributed by atoms with Gasteiger partial charge in [0.2, 0.25) is 0 Å². The van der Waals surface area contributed by atoms with Gasteiger partial charge < -0.3 is 20.5 Å². The summed E-state index contributed by atoms with van der Waals surface area (Å²) in [6.45, 7) is 3.23. The van der Waals surface area contributed by atoms with Gasteiger partial charge >= 0.3 is 0 Å². The van der Waals surface area contributed by atoms with Crippen LogP contribution >= 0.6 is 0 Å². The van der Waals surface area contributed by atoms with Gasteiger partial charge in [-0.3, -0.25) is 4.79 Å². The lowest BCUT2D eigenvalue weighted by atomic mass is 10.1. The predicted octanol–water partition coefficient (Wildman–Crippen LogP) is 0.974. The summed E-state index contributed by atoms with van der Waals surface area (Å²) in [6, 6.07) is 5.81. The summed E-state index contributed by atoms with van der Waals surface area (Å²) >= 11 is 0. The molecule has 0 atom stereocenters. The maximum atomic E-state index is 12.1. The molecule has 3 rings (SSSR count). The Hall–Kier alpha value is -2.50. The molecule has 2 heterocycles. The first-order chi connectivity index (χ1) is 9.22. The number of hydrogen-bond donors (Lipinski definition) is 2. The van der Waals surface area contributed by atoms with Crippen LogP contribution in [0.5, 0.6) is 5.75 Å². The average Bonchev–Trinajstić information content (AvgIpc) is 2.82. The van der Waals surface area contributed by atoms with Gasteiger partial charge in [0, 0.05) is 5.39 Å². The second kappa shape index (κ2) is 4.31. The van der Waals surface area contributed by atoms with Gasteiger partial charge in [-0.15, -0.1) is 0 Å². The molecule has 1 aromatic carbocycles. The van der Waals surface area contributed by atoms with Crippen LogP contribution in [0.25, 0.3) is 10.9 Å². The fraction of sp³-hybridized carbons (Fsp3) is 0.231. The van der Waals surface area contributed by atoms with Crippen molar-refractivity contribution in [1.29, 1.82) is 0 Å². The van der Waals surface area contributed by atoms with Crippen LogP contribution < -0.4 is 15.9 Å². The minimum atomic E-state index is -0.224. The Balaban J connectivity index is 2.19. The van der Waals surface area contributed by atoms with E-state index in [4.69, 9.17) is 10.6 Å². The average molecular weight is 258 g/mol. The Morgan fingerprint density at radius 2 is 2.42 bits per heavy atom. The van der Waals surface area contributed by atoms with Crippen molar-refractivity contribution in [2.45, 2.75) is 13.5 Å². The molecule has 0 saturated heterocycles. The SMILES string of the molecule is Cc1ccc2c3c1cc(C(=O)NC=NN)n3CCO2. The molecule has 6 nitrogen and oxygen atoms in total. The van der Waals surface area contributed by atoms with E-state index in [9.17, 15) is 4.79 Å². The monoisotopic (exact) mass is 258 g/mol. The molecule has 1 aromatic heterocycles. The van der Waals surface area contributed by atoms with Crippen molar-refractivity contribution in [3.8, 4) is 5.75 Å². The molecule has 19 heavy (non-hydrogen) atoms. The lowest BCUT2D eigenvalue weighted by Gasteiger charge is -2.19. The lowest BCUT2D eigenvalue weighted by Crippen LogP contribution is -2.26. The number of nitrogens with one attached hydrogen (secondary N) is 1. The van der Waals surface area contributed by atoms with Crippen molar-refractivity contribution in [2.75, 3.05) is 6.61 Å². The second-order valence-electron chi connectivity index (χ2n) is 4.42. The van der Waals surface area contributed by atoms with Crippen LogP contribution in [0.1, 0.15) is 16.1 Å². The van der Waals surface area contributed by atoms with E-state index in [1.165, 1.54) is 6.34 Å². The van der Waals surface area contributed by atoms with E-state index in [0.717, 1.165) is 22.2 Å². The molecule has 1 amide bonds. The standard InChI is InChI=1S/C13H14N4O2/c1-8-2-3-11-12-9(8)6-10(13(18)15-7-16-14)17(12)4-5-19-11/h2-3,6-7H,4-5,14H2,1H3,(H,15,16,18). The van der Waals surface area contributed by atoms with Crippen LogP contribution in [0.2, 0.25) is 0 Å². The van der Waals surface area contributed by atoms with E-state index in [1.54, 1.807) is 0 Å². The third-order valence-electron chi connectivity index (χ3n) is 3.32. The van der Waals surface area contributed by atoms with Gasteiger partial charge in [-0.05, 0) is 24.6 Å².